The van der Waals surface area contributed by atoms with Gasteiger partial charge in [-0.1, -0.05) is 0 Å². The maximum Gasteiger partial charge on any atom is 0.327 e. The van der Waals surface area contributed by atoms with E-state index >= 15 is 0 Å². The number of hydrazine groups is 2. The number of nitrogens with one attached hydrogen (secondary N) is 1. The van der Waals surface area contributed by atoms with Crippen molar-refractivity contribution in [3.05, 3.63) is 23.5 Å². The number of aromatic nitrogens is 1. The first-order chi connectivity index (χ1) is 9.93. The number of thioether (sulfide) groups is 1. The molecule has 9 heteroatoms. The molecular weight excluding hydrogens is 296 g/mol. The minimum Gasteiger partial charge on any atom is -0.461 e. The van der Waals surface area contributed by atoms with Crippen LogP contribution in [0.4, 0.5) is 5.13 Å². The van der Waals surface area contributed by atoms with Gasteiger partial charge in [-0.2, -0.15) is 5.01 Å². The van der Waals surface area contributed by atoms with Gasteiger partial charge in [0.25, 0.3) is 0 Å². The Morgan fingerprint density at radius 3 is 3.00 bits per heavy atom. The SMILES string of the molecule is C1=C(C2=NCCS2)N(c2nccs2)N(C2=NCCO2)N1. The van der Waals surface area contributed by atoms with Crippen molar-refractivity contribution in [2.24, 2.45) is 9.98 Å². The quantitative estimate of drug-likeness (QED) is 0.881. The largest absolute Gasteiger partial charge is 0.461 e. The van der Waals surface area contributed by atoms with Crippen molar-refractivity contribution in [1.29, 1.82) is 0 Å². The maximum atomic E-state index is 5.54. The summed E-state index contributed by atoms with van der Waals surface area (Å²) in [5.74, 6) is 1.02. The molecular formula is C11H12N6OS2. The number of rotatable bonds is 2. The van der Waals surface area contributed by atoms with Crippen molar-refractivity contribution >= 4 is 39.3 Å². The van der Waals surface area contributed by atoms with Crippen LogP contribution in [0.25, 0.3) is 0 Å². The van der Waals surface area contributed by atoms with E-state index < -0.39 is 0 Å². The zero-order valence-corrected chi connectivity index (χ0v) is 12.2. The summed E-state index contributed by atoms with van der Waals surface area (Å²) < 4.78 is 5.54. The molecule has 3 aliphatic rings. The Labute approximate surface area is 124 Å². The molecule has 0 saturated heterocycles. The normalized spacial score (nSPS) is 21.5. The van der Waals surface area contributed by atoms with Crippen molar-refractivity contribution < 1.29 is 4.74 Å². The van der Waals surface area contributed by atoms with Crippen molar-refractivity contribution in [2.45, 2.75) is 0 Å². The number of hydrogen-bond donors (Lipinski definition) is 1. The Hall–Kier alpha value is -1.74. The van der Waals surface area contributed by atoms with E-state index in [0.717, 1.165) is 28.2 Å². The van der Waals surface area contributed by atoms with Crippen LogP contribution in [0, 0.1) is 0 Å². The van der Waals surface area contributed by atoms with Crippen molar-refractivity contribution in [2.75, 3.05) is 30.5 Å². The molecule has 0 unspecified atom stereocenters. The number of aliphatic imine (C=N–C) groups is 2. The molecule has 4 rings (SSSR count). The van der Waals surface area contributed by atoms with Crippen LogP contribution in [0.15, 0.2) is 33.5 Å². The van der Waals surface area contributed by atoms with Gasteiger partial charge in [-0.05, 0) is 0 Å². The highest BCUT2D eigenvalue weighted by Crippen LogP contribution is 2.31. The molecule has 0 radical (unpaired) electrons. The van der Waals surface area contributed by atoms with Crippen LogP contribution < -0.4 is 10.4 Å². The van der Waals surface area contributed by atoms with Gasteiger partial charge in [0.1, 0.15) is 17.3 Å². The van der Waals surface area contributed by atoms with Crippen LogP contribution in [-0.2, 0) is 4.74 Å². The molecule has 0 amide bonds. The van der Waals surface area contributed by atoms with E-state index in [1.165, 1.54) is 0 Å². The molecule has 0 saturated carbocycles. The second kappa shape index (κ2) is 4.98. The van der Waals surface area contributed by atoms with Crippen LogP contribution in [0.1, 0.15) is 0 Å². The Bertz CT molecular complexity index is 596. The molecule has 0 spiro atoms. The molecule has 0 fully saturated rings. The van der Waals surface area contributed by atoms with Gasteiger partial charge in [0.05, 0.1) is 6.54 Å². The number of anilines is 1. The fourth-order valence-electron chi connectivity index (χ4n) is 2.09. The first-order valence-corrected chi connectivity index (χ1v) is 8.11. The molecule has 7 nitrogen and oxygen atoms in total. The van der Waals surface area contributed by atoms with Gasteiger partial charge >= 0.3 is 6.02 Å². The highest BCUT2D eigenvalue weighted by atomic mass is 32.2. The van der Waals surface area contributed by atoms with E-state index in [9.17, 15) is 0 Å². The second-order valence-corrected chi connectivity index (χ2v) is 6.10. The van der Waals surface area contributed by atoms with Crippen LogP contribution in [0.2, 0.25) is 0 Å². The van der Waals surface area contributed by atoms with Crippen molar-refractivity contribution in [1.82, 2.24) is 15.5 Å². The average molecular weight is 308 g/mol. The second-order valence-electron chi connectivity index (χ2n) is 4.15. The monoisotopic (exact) mass is 308 g/mol. The summed E-state index contributed by atoms with van der Waals surface area (Å²) in [6.45, 7) is 2.16. The molecule has 0 bridgehead atoms. The number of thiazole rings is 1. The number of ether oxygens (including phenoxy) is 1. The Kier molecular flexibility index (Phi) is 3.00. The van der Waals surface area contributed by atoms with Gasteiger partial charge in [-0.25, -0.2) is 9.98 Å². The van der Waals surface area contributed by atoms with Gasteiger partial charge < -0.3 is 4.74 Å². The Balaban J connectivity index is 1.69. The first kappa shape index (κ1) is 12.0. The molecule has 20 heavy (non-hydrogen) atoms. The molecule has 3 aliphatic heterocycles. The highest BCUT2D eigenvalue weighted by Gasteiger charge is 2.35. The van der Waals surface area contributed by atoms with Gasteiger partial charge in [0.15, 0.2) is 0 Å². The molecule has 0 aliphatic carbocycles. The van der Waals surface area contributed by atoms with Crippen molar-refractivity contribution in [3.63, 3.8) is 0 Å². The minimum atomic E-state index is 0.565. The van der Waals surface area contributed by atoms with Crippen LogP contribution >= 0.6 is 23.1 Å². The van der Waals surface area contributed by atoms with Crippen LogP contribution in [0.5, 0.6) is 0 Å². The number of hydrogen-bond acceptors (Lipinski definition) is 9. The minimum absolute atomic E-state index is 0.565. The topological polar surface area (TPSA) is 65.4 Å². The fourth-order valence-corrected chi connectivity index (χ4v) is 3.59. The lowest BCUT2D eigenvalue weighted by molar-refractivity contribution is 0.246. The molecule has 1 N–H and O–H groups in total. The van der Waals surface area contributed by atoms with Gasteiger partial charge in [0.2, 0.25) is 5.13 Å². The van der Waals surface area contributed by atoms with Crippen LogP contribution in [-0.4, -0.2) is 46.6 Å². The molecule has 1 aromatic heterocycles. The van der Waals surface area contributed by atoms with Crippen molar-refractivity contribution in [3.8, 4) is 0 Å². The van der Waals surface area contributed by atoms with E-state index in [4.69, 9.17) is 4.74 Å². The van der Waals surface area contributed by atoms with Crippen LogP contribution in [0.3, 0.4) is 0 Å². The summed E-state index contributed by atoms with van der Waals surface area (Å²) in [5, 5.41) is 7.57. The average Bonchev–Trinajstić information content (AvgIpc) is 3.23. The molecule has 1 aromatic rings. The molecule has 0 atom stereocenters. The maximum absolute atomic E-state index is 5.54. The Morgan fingerprint density at radius 1 is 1.30 bits per heavy atom. The fraction of sp³-hybridized carbons (Fsp3) is 0.364. The predicted molar refractivity (Wildman–Crippen MR) is 80.7 cm³/mol. The van der Waals surface area contributed by atoms with E-state index in [1.54, 1.807) is 34.4 Å². The molecule has 0 aromatic carbocycles. The summed E-state index contributed by atoms with van der Waals surface area (Å²) in [4.78, 5) is 13.3. The Morgan fingerprint density at radius 2 is 2.30 bits per heavy atom. The number of amidine groups is 1. The summed E-state index contributed by atoms with van der Waals surface area (Å²) in [6.07, 6.45) is 3.71. The third-order valence-electron chi connectivity index (χ3n) is 2.91. The van der Waals surface area contributed by atoms with Gasteiger partial charge in [-0.3, -0.25) is 10.4 Å². The summed E-state index contributed by atoms with van der Waals surface area (Å²) in [5.41, 5.74) is 4.16. The van der Waals surface area contributed by atoms with Gasteiger partial charge in [0, 0.05) is 30.1 Å². The van der Waals surface area contributed by atoms with E-state index in [0.29, 0.717) is 19.2 Å². The lowest BCUT2D eigenvalue weighted by Crippen LogP contribution is -2.48. The molecule has 104 valence electrons. The summed E-state index contributed by atoms with van der Waals surface area (Å²) in [6, 6.07) is 0.565. The third kappa shape index (κ3) is 1.93. The van der Waals surface area contributed by atoms with E-state index in [1.807, 2.05) is 16.6 Å². The predicted octanol–water partition coefficient (Wildman–Crippen LogP) is 1.06. The highest BCUT2D eigenvalue weighted by molar-refractivity contribution is 8.14. The summed E-state index contributed by atoms with van der Waals surface area (Å²) >= 11 is 3.32. The zero-order chi connectivity index (χ0) is 13.4. The molecule has 4 heterocycles. The van der Waals surface area contributed by atoms with E-state index in [2.05, 4.69) is 20.4 Å². The van der Waals surface area contributed by atoms with E-state index in [-0.39, 0.29) is 0 Å². The third-order valence-corrected chi connectivity index (χ3v) is 4.65. The van der Waals surface area contributed by atoms with Gasteiger partial charge in [-0.15, -0.1) is 28.2 Å². The zero-order valence-electron chi connectivity index (χ0n) is 10.5. The first-order valence-electron chi connectivity index (χ1n) is 6.24. The smallest absolute Gasteiger partial charge is 0.327 e. The number of nitrogens with zero attached hydrogens (tertiary/aromatic N) is 5. The standard InChI is InChI=1S/C11H12N6OS2/c1-4-18-10(13-1)17-15-7-8(9-12-2-5-19-9)16(17)11-14-3-6-20-11/h3,6-7,15H,1-2,4-5H2. The lowest BCUT2D eigenvalue weighted by Gasteiger charge is -2.28. The lowest BCUT2D eigenvalue weighted by atomic mass is 10.5. The summed E-state index contributed by atoms with van der Waals surface area (Å²) in [7, 11) is 0.